The van der Waals surface area contributed by atoms with Crippen LogP contribution in [0, 0.1) is 0 Å². The number of aromatic nitrogens is 1. The average molecular weight is 302 g/mol. The minimum atomic E-state index is -0.978. The van der Waals surface area contributed by atoms with Crippen LogP contribution in [-0.4, -0.2) is 33.9 Å². The molecule has 1 amide bonds. The van der Waals surface area contributed by atoms with Crippen molar-refractivity contribution < 1.29 is 14.7 Å². The zero-order valence-corrected chi connectivity index (χ0v) is 12.2. The first-order valence-electron chi connectivity index (χ1n) is 6.20. The lowest BCUT2D eigenvalue weighted by molar-refractivity contribution is -0.131. The molecule has 1 N–H and O–H groups in total. The number of thiophene rings is 1. The molecular formula is C15H14N2O3S. The molecule has 0 spiro atoms. The molecule has 0 bridgehead atoms. The molecule has 2 heterocycles. The highest BCUT2D eigenvalue weighted by atomic mass is 32.1. The number of pyridine rings is 1. The van der Waals surface area contributed by atoms with Gasteiger partial charge >= 0.3 is 5.97 Å². The lowest BCUT2D eigenvalue weighted by atomic mass is 10.2. The summed E-state index contributed by atoms with van der Waals surface area (Å²) < 4.78 is 0. The van der Waals surface area contributed by atoms with E-state index in [0.29, 0.717) is 12.1 Å². The largest absolute Gasteiger partial charge is 0.478 e. The van der Waals surface area contributed by atoms with Gasteiger partial charge in [-0.05, 0) is 35.2 Å². The summed E-state index contributed by atoms with van der Waals surface area (Å²) in [5.74, 6) is -1.08. The Balaban J connectivity index is 2.01. The van der Waals surface area contributed by atoms with Crippen LogP contribution in [0.15, 0.2) is 42.0 Å². The van der Waals surface area contributed by atoms with Gasteiger partial charge in [-0.1, -0.05) is 0 Å². The third-order valence-electron chi connectivity index (χ3n) is 2.74. The van der Waals surface area contributed by atoms with Crippen LogP contribution in [0.1, 0.15) is 20.8 Å². The van der Waals surface area contributed by atoms with Gasteiger partial charge < -0.3 is 10.0 Å². The molecule has 0 saturated carbocycles. The molecule has 0 saturated heterocycles. The topological polar surface area (TPSA) is 70.5 Å². The molecule has 6 heteroatoms. The molecule has 0 unspecified atom stereocenters. The van der Waals surface area contributed by atoms with E-state index in [0.717, 1.165) is 16.5 Å². The Morgan fingerprint density at radius 3 is 2.95 bits per heavy atom. The van der Waals surface area contributed by atoms with E-state index in [-0.39, 0.29) is 5.91 Å². The Morgan fingerprint density at radius 2 is 2.29 bits per heavy atom. The molecule has 0 aliphatic rings. The first kappa shape index (κ1) is 14.9. The highest BCUT2D eigenvalue weighted by Crippen LogP contribution is 2.18. The maximum absolute atomic E-state index is 12.2. The Morgan fingerprint density at radius 1 is 1.48 bits per heavy atom. The summed E-state index contributed by atoms with van der Waals surface area (Å²) in [6.45, 7) is 0.463. The average Bonchev–Trinajstić information content (AvgIpc) is 2.92. The van der Waals surface area contributed by atoms with E-state index in [4.69, 9.17) is 5.11 Å². The molecule has 0 aliphatic carbocycles. The number of carboxylic acids is 1. The Labute approximate surface area is 126 Å². The normalized spacial score (nSPS) is 10.7. The molecule has 108 valence electrons. The van der Waals surface area contributed by atoms with Crippen molar-refractivity contribution in [3.8, 4) is 0 Å². The van der Waals surface area contributed by atoms with E-state index in [2.05, 4.69) is 4.98 Å². The van der Waals surface area contributed by atoms with Gasteiger partial charge in [-0.25, -0.2) is 4.79 Å². The van der Waals surface area contributed by atoms with Gasteiger partial charge in [-0.2, -0.15) is 0 Å². The van der Waals surface area contributed by atoms with Crippen molar-refractivity contribution in [1.29, 1.82) is 0 Å². The first-order chi connectivity index (χ1) is 10.1. The number of carboxylic acid groups (broad SMARTS) is 1. The zero-order valence-electron chi connectivity index (χ0n) is 11.4. The van der Waals surface area contributed by atoms with Crippen LogP contribution in [0.4, 0.5) is 0 Å². The van der Waals surface area contributed by atoms with Crippen LogP contribution in [0.3, 0.4) is 0 Å². The van der Waals surface area contributed by atoms with Gasteiger partial charge in [0.1, 0.15) is 0 Å². The molecule has 0 atom stereocenters. The van der Waals surface area contributed by atoms with E-state index in [1.165, 1.54) is 17.5 Å². The first-order valence-corrected chi connectivity index (χ1v) is 7.08. The predicted octanol–water partition coefficient (Wildman–Crippen LogP) is 2.51. The van der Waals surface area contributed by atoms with Crippen LogP contribution < -0.4 is 0 Å². The SMILES string of the molecule is CN(Cc1csc(C=CC(=O)O)c1)C(=O)c1cccnc1. The van der Waals surface area contributed by atoms with Crippen LogP contribution in [0.25, 0.3) is 6.08 Å². The van der Waals surface area contributed by atoms with Gasteiger partial charge in [0, 0.05) is 36.9 Å². The number of carbonyl (C=O) groups excluding carboxylic acids is 1. The van der Waals surface area contributed by atoms with Crippen LogP contribution in [0.5, 0.6) is 0 Å². The molecule has 0 aromatic carbocycles. The third kappa shape index (κ3) is 4.25. The number of aliphatic carboxylic acids is 1. The van der Waals surface area contributed by atoms with Crippen LogP contribution in [0.2, 0.25) is 0 Å². The maximum Gasteiger partial charge on any atom is 0.328 e. The second-order valence-electron chi connectivity index (χ2n) is 4.43. The second-order valence-corrected chi connectivity index (χ2v) is 5.37. The molecule has 2 aromatic heterocycles. The molecule has 2 rings (SSSR count). The van der Waals surface area contributed by atoms with Crippen LogP contribution in [-0.2, 0) is 11.3 Å². The van der Waals surface area contributed by atoms with E-state index < -0.39 is 5.97 Å². The summed E-state index contributed by atoms with van der Waals surface area (Å²) in [6, 6.07) is 5.32. The van der Waals surface area contributed by atoms with Crippen molar-refractivity contribution in [3.05, 3.63) is 58.1 Å². The standard InChI is InChI=1S/C15H14N2O3S/c1-17(15(20)12-3-2-6-16-8-12)9-11-7-13(21-10-11)4-5-14(18)19/h2-8,10H,9H2,1H3,(H,18,19). The van der Waals surface area contributed by atoms with Crippen molar-refractivity contribution in [2.24, 2.45) is 0 Å². The monoisotopic (exact) mass is 302 g/mol. The van der Waals surface area contributed by atoms with Gasteiger partial charge in [-0.3, -0.25) is 9.78 Å². The summed E-state index contributed by atoms with van der Waals surface area (Å²) >= 11 is 1.44. The molecule has 0 aliphatic heterocycles. The highest BCUT2D eigenvalue weighted by Gasteiger charge is 2.12. The lowest BCUT2D eigenvalue weighted by Crippen LogP contribution is -2.26. The van der Waals surface area contributed by atoms with Crippen molar-refractivity contribution >= 4 is 29.3 Å². The number of hydrogen-bond acceptors (Lipinski definition) is 4. The fraction of sp³-hybridized carbons (Fsp3) is 0.133. The maximum atomic E-state index is 12.2. The number of rotatable bonds is 5. The zero-order chi connectivity index (χ0) is 15.2. The number of hydrogen-bond donors (Lipinski definition) is 1. The lowest BCUT2D eigenvalue weighted by Gasteiger charge is -2.16. The fourth-order valence-electron chi connectivity index (χ4n) is 1.77. The van der Waals surface area contributed by atoms with Crippen LogP contribution >= 0.6 is 11.3 Å². The van der Waals surface area contributed by atoms with Crippen molar-refractivity contribution in [2.45, 2.75) is 6.54 Å². The quantitative estimate of drug-likeness (QED) is 0.862. The highest BCUT2D eigenvalue weighted by molar-refractivity contribution is 7.11. The third-order valence-corrected chi connectivity index (χ3v) is 3.69. The van der Waals surface area contributed by atoms with Gasteiger partial charge in [0.15, 0.2) is 0 Å². The Kier molecular flexibility index (Phi) is 4.84. The summed E-state index contributed by atoms with van der Waals surface area (Å²) in [7, 11) is 1.72. The Bertz CT molecular complexity index is 665. The van der Waals surface area contributed by atoms with Gasteiger partial charge in [-0.15, -0.1) is 11.3 Å². The summed E-state index contributed by atoms with van der Waals surface area (Å²) in [5.41, 5.74) is 1.51. The molecule has 2 aromatic rings. The van der Waals surface area contributed by atoms with Gasteiger partial charge in [0.25, 0.3) is 5.91 Å². The van der Waals surface area contributed by atoms with Crippen molar-refractivity contribution in [2.75, 3.05) is 7.05 Å². The molecular weight excluding hydrogens is 288 g/mol. The smallest absolute Gasteiger partial charge is 0.328 e. The van der Waals surface area contributed by atoms with Gasteiger partial charge in [0.2, 0.25) is 0 Å². The fourth-order valence-corrected chi connectivity index (χ4v) is 2.57. The number of carbonyl (C=O) groups is 2. The molecule has 21 heavy (non-hydrogen) atoms. The van der Waals surface area contributed by atoms with Gasteiger partial charge in [0.05, 0.1) is 5.56 Å². The van der Waals surface area contributed by atoms with Crippen molar-refractivity contribution in [1.82, 2.24) is 9.88 Å². The number of nitrogens with zero attached hydrogens (tertiary/aromatic N) is 2. The summed E-state index contributed by atoms with van der Waals surface area (Å²) in [4.78, 5) is 29.0. The predicted molar refractivity (Wildman–Crippen MR) is 81.0 cm³/mol. The summed E-state index contributed by atoms with van der Waals surface area (Å²) in [5, 5.41) is 10.5. The minimum absolute atomic E-state index is 0.100. The second kappa shape index (κ2) is 6.81. The van der Waals surface area contributed by atoms with E-state index in [1.54, 1.807) is 36.4 Å². The summed E-state index contributed by atoms with van der Waals surface area (Å²) in [6.07, 6.45) is 5.80. The van der Waals surface area contributed by atoms with E-state index >= 15 is 0 Å². The minimum Gasteiger partial charge on any atom is -0.478 e. The van der Waals surface area contributed by atoms with E-state index in [9.17, 15) is 9.59 Å². The molecule has 0 fully saturated rings. The number of amides is 1. The Hall–Kier alpha value is -2.47. The van der Waals surface area contributed by atoms with E-state index in [1.807, 2.05) is 11.4 Å². The molecule has 0 radical (unpaired) electrons. The van der Waals surface area contributed by atoms with Crippen molar-refractivity contribution in [3.63, 3.8) is 0 Å². The molecule has 5 nitrogen and oxygen atoms in total.